The Morgan fingerprint density at radius 1 is 1.24 bits per heavy atom. The molecule has 0 aromatic heterocycles. The number of rotatable bonds is 2. The van der Waals surface area contributed by atoms with E-state index in [2.05, 4.69) is 5.32 Å². The van der Waals surface area contributed by atoms with Crippen LogP contribution < -0.4 is 11.1 Å². The van der Waals surface area contributed by atoms with Gasteiger partial charge in [-0.1, -0.05) is 0 Å². The summed E-state index contributed by atoms with van der Waals surface area (Å²) >= 11 is 0. The number of carbonyl (C=O) groups excluding carboxylic acids is 1. The van der Waals surface area contributed by atoms with Gasteiger partial charge in [0, 0.05) is 30.8 Å². The number of nitrogens with two attached hydrogens (primary N) is 1. The van der Waals surface area contributed by atoms with E-state index in [9.17, 15) is 9.18 Å². The van der Waals surface area contributed by atoms with Gasteiger partial charge in [-0.25, -0.2) is 4.39 Å². The quantitative estimate of drug-likeness (QED) is 0.757. The molecule has 5 aliphatic rings. The van der Waals surface area contributed by atoms with E-state index in [4.69, 9.17) is 5.73 Å². The maximum absolute atomic E-state index is 13.4. The number of nitrogens with one attached hydrogen (secondary N) is 1. The van der Waals surface area contributed by atoms with Gasteiger partial charge in [0.1, 0.15) is 5.67 Å². The Kier molecular flexibility index (Phi) is 1.72. The van der Waals surface area contributed by atoms with E-state index >= 15 is 0 Å². The summed E-state index contributed by atoms with van der Waals surface area (Å²) in [4.78, 5) is 12.3. The van der Waals surface area contributed by atoms with E-state index in [1.165, 1.54) is 6.42 Å². The summed E-state index contributed by atoms with van der Waals surface area (Å²) < 4.78 is 13.4. The molecule has 0 radical (unpaired) electrons. The van der Waals surface area contributed by atoms with Crippen molar-refractivity contribution < 1.29 is 9.18 Å². The molecule has 0 aromatic carbocycles. The maximum atomic E-state index is 13.4. The third kappa shape index (κ3) is 1.22. The predicted octanol–water partition coefficient (Wildman–Crippen LogP) is 1.12. The van der Waals surface area contributed by atoms with E-state index in [0.717, 1.165) is 12.8 Å². The average Bonchev–Trinajstić information content (AvgIpc) is 2.73. The van der Waals surface area contributed by atoms with Crippen LogP contribution in [0.4, 0.5) is 4.39 Å². The van der Waals surface area contributed by atoms with Crippen molar-refractivity contribution in [1.82, 2.24) is 5.32 Å². The lowest BCUT2D eigenvalue weighted by molar-refractivity contribution is -0.177. The topological polar surface area (TPSA) is 55.1 Å². The minimum Gasteiger partial charge on any atom is -0.350 e. The van der Waals surface area contributed by atoms with E-state index in [0.29, 0.717) is 31.1 Å². The Morgan fingerprint density at radius 2 is 1.88 bits per heavy atom. The van der Waals surface area contributed by atoms with Crippen molar-refractivity contribution in [1.29, 1.82) is 0 Å². The normalized spacial score (nSPS) is 58.5. The van der Waals surface area contributed by atoms with Crippen LogP contribution in [-0.4, -0.2) is 23.2 Å². The molecule has 4 atom stereocenters. The molecule has 5 saturated carbocycles. The lowest BCUT2D eigenvalue weighted by atomic mass is 9.47. The molecule has 17 heavy (non-hydrogen) atoms. The Morgan fingerprint density at radius 3 is 2.41 bits per heavy atom. The van der Waals surface area contributed by atoms with E-state index in [1.54, 1.807) is 0 Å². The molecule has 0 saturated heterocycles. The second kappa shape index (κ2) is 2.85. The predicted molar refractivity (Wildman–Crippen MR) is 60.9 cm³/mol. The van der Waals surface area contributed by atoms with Gasteiger partial charge in [-0.15, -0.1) is 0 Å². The lowest BCUT2D eigenvalue weighted by Crippen LogP contribution is -2.77. The van der Waals surface area contributed by atoms with E-state index in [-0.39, 0.29) is 23.4 Å². The van der Waals surface area contributed by atoms with Crippen molar-refractivity contribution in [3.63, 3.8) is 0 Å². The highest BCUT2D eigenvalue weighted by Crippen LogP contribution is 2.63. The first-order valence-electron chi connectivity index (χ1n) is 6.77. The molecule has 4 heteroatoms. The maximum Gasteiger partial charge on any atom is 0.225 e. The first-order valence-corrected chi connectivity index (χ1v) is 6.77. The second-order valence-electron chi connectivity index (χ2n) is 6.89. The Hall–Kier alpha value is -0.640. The molecule has 0 aromatic rings. The fourth-order valence-corrected chi connectivity index (χ4v) is 4.87. The SMILES string of the molecule is N[C@H]1C(C(=O)NC23CC(F)(C2)C3)[C@@H]2CC[C@H]1C2. The highest BCUT2D eigenvalue weighted by Gasteiger charge is 2.70. The number of halogens is 1. The molecule has 1 amide bonds. The van der Waals surface area contributed by atoms with Crippen LogP contribution in [0.2, 0.25) is 0 Å². The van der Waals surface area contributed by atoms with Crippen molar-refractivity contribution in [3.05, 3.63) is 0 Å². The van der Waals surface area contributed by atoms with Crippen LogP contribution in [0.25, 0.3) is 0 Å². The minimum atomic E-state index is -0.940. The summed E-state index contributed by atoms with van der Waals surface area (Å²) in [6.07, 6.45) is 5.05. The van der Waals surface area contributed by atoms with Crippen LogP contribution in [0.15, 0.2) is 0 Å². The summed E-state index contributed by atoms with van der Waals surface area (Å²) in [5.74, 6) is 1.14. The standard InChI is InChI=1S/C13H19FN2O/c14-12-4-13(5-12,6-12)16-11(17)9-7-1-2-8(3-7)10(9)15/h7-10H,1-6,15H2,(H,16,17)/t7-,8+,9?,10-,12?,13?/m1/s1. The van der Waals surface area contributed by atoms with Crippen molar-refractivity contribution in [2.45, 2.75) is 55.8 Å². The highest BCUT2D eigenvalue weighted by molar-refractivity contribution is 5.82. The zero-order valence-electron chi connectivity index (χ0n) is 9.92. The van der Waals surface area contributed by atoms with E-state index in [1.807, 2.05) is 0 Å². The van der Waals surface area contributed by atoms with Crippen molar-refractivity contribution in [3.8, 4) is 0 Å². The highest BCUT2D eigenvalue weighted by atomic mass is 19.1. The van der Waals surface area contributed by atoms with Crippen LogP contribution in [0.5, 0.6) is 0 Å². The third-order valence-electron chi connectivity index (χ3n) is 5.64. The lowest BCUT2D eigenvalue weighted by Gasteiger charge is -2.66. The van der Waals surface area contributed by atoms with E-state index < -0.39 is 5.67 Å². The molecule has 0 aliphatic heterocycles. The van der Waals surface area contributed by atoms with Crippen molar-refractivity contribution >= 4 is 5.91 Å². The van der Waals surface area contributed by atoms with Gasteiger partial charge < -0.3 is 11.1 Å². The monoisotopic (exact) mass is 238 g/mol. The van der Waals surface area contributed by atoms with Gasteiger partial charge in [-0.05, 0) is 31.1 Å². The number of carbonyl (C=O) groups is 1. The Balaban J connectivity index is 1.44. The summed E-state index contributed by atoms with van der Waals surface area (Å²) in [6, 6.07) is 0.0421. The molecule has 5 fully saturated rings. The van der Waals surface area contributed by atoms with Crippen LogP contribution in [0, 0.1) is 17.8 Å². The first-order chi connectivity index (χ1) is 8.00. The zero-order valence-corrected chi connectivity index (χ0v) is 9.92. The third-order valence-corrected chi connectivity index (χ3v) is 5.64. The second-order valence-corrected chi connectivity index (χ2v) is 6.89. The van der Waals surface area contributed by atoms with Gasteiger partial charge in [0.05, 0.1) is 5.92 Å². The van der Waals surface area contributed by atoms with Gasteiger partial charge in [0.15, 0.2) is 0 Å². The zero-order chi connectivity index (χ0) is 11.8. The molecule has 3 N–H and O–H groups in total. The number of alkyl halides is 1. The molecule has 3 nitrogen and oxygen atoms in total. The number of hydrogen-bond donors (Lipinski definition) is 2. The van der Waals surface area contributed by atoms with Gasteiger partial charge in [0.2, 0.25) is 5.91 Å². The van der Waals surface area contributed by atoms with Crippen molar-refractivity contribution in [2.75, 3.05) is 0 Å². The molecule has 5 rings (SSSR count). The molecule has 0 spiro atoms. The van der Waals surface area contributed by atoms with Crippen LogP contribution in [0.3, 0.4) is 0 Å². The first kappa shape index (κ1) is 10.3. The van der Waals surface area contributed by atoms with Crippen LogP contribution in [0.1, 0.15) is 38.5 Å². The summed E-state index contributed by atoms with van der Waals surface area (Å²) in [7, 11) is 0. The molecule has 1 unspecified atom stereocenters. The van der Waals surface area contributed by atoms with Crippen LogP contribution in [-0.2, 0) is 4.79 Å². The minimum absolute atomic E-state index is 0.00154. The fraction of sp³-hybridized carbons (Fsp3) is 0.923. The number of fused-ring (bicyclic) bond motifs is 2. The number of amides is 1. The average molecular weight is 238 g/mol. The van der Waals surface area contributed by atoms with Crippen LogP contribution >= 0.6 is 0 Å². The molecule has 94 valence electrons. The van der Waals surface area contributed by atoms with Gasteiger partial charge in [0.25, 0.3) is 0 Å². The Labute approximate surface area is 100 Å². The molecular formula is C13H19FN2O. The molecular weight excluding hydrogens is 219 g/mol. The Bertz CT molecular complexity index is 375. The largest absolute Gasteiger partial charge is 0.350 e. The molecule has 4 bridgehead atoms. The number of hydrogen-bond acceptors (Lipinski definition) is 2. The van der Waals surface area contributed by atoms with Crippen molar-refractivity contribution in [2.24, 2.45) is 23.5 Å². The summed E-state index contributed by atoms with van der Waals surface area (Å²) in [5, 5.41) is 3.08. The molecule has 0 heterocycles. The van der Waals surface area contributed by atoms with Gasteiger partial charge >= 0.3 is 0 Å². The fourth-order valence-electron chi connectivity index (χ4n) is 4.87. The smallest absolute Gasteiger partial charge is 0.225 e. The van der Waals surface area contributed by atoms with Gasteiger partial charge in [-0.3, -0.25) is 4.79 Å². The molecule has 5 aliphatic carbocycles. The summed E-state index contributed by atoms with van der Waals surface area (Å²) in [5.41, 5.74) is 5.02. The van der Waals surface area contributed by atoms with Gasteiger partial charge in [-0.2, -0.15) is 0 Å². The summed E-state index contributed by atoms with van der Waals surface area (Å²) in [6.45, 7) is 0.